The monoisotopic (exact) mass is 593 g/mol. The van der Waals surface area contributed by atoms with Crippen LogP contribution in [0, 0.1) is 5.82 Å². The Morgan fingerprint density at radius 2 is 1.52 bits per heavy atom. The summed E-state index contributed by atoms with van der Waals surface area (Å²) in [5, 5.41) is 8.64. The van der Waals surface area contributed by atoms with Gasteiger partial charge in [-0.2, -0.15) is 0 Å². The minimum absolute atomic E-state index is 0.0366. The summed E-state index contributed by atoms with van der Waals surface area (Å²) in [6.45, 7) is 0. The second kappa shape index (κ2) is 13.8. The lowest BCUT2D eigenvalue weighted by Crippen LogP contribution is -2.30. The van der Waals surface area contributed by atoms with Gasteiger partial charge in [-0.1, -0.05) is 53.5 Å². The first-order valence-corrected chi connectivity index (χ1v) is 13.6. The molecule has 0 aliphatic carbocycles. The molecule has 0 saturated heterocycles. The first-order chi connectivity index (χ1) is 19.3. The van der Waals surface area contributed by atoms with Gasteiger partial charge in [-0.3, -0.25) is 14.4 Å². The molecule has 4 aromatic carbocycles. The predicted octanol–water partition coefficient (Wildman–Crippen LogP) is 7.27. The van der Waals surface area contributed by atoms with Crippen LogP contribution in [0.15, 0.2) is 108 Å². The molecule has 0 aliphatic rings. The minimum Gasteiger partial charge on any atom is -0.325 e. The van der Waals surface area contributed by atoms with Gasteiger partial charge in [0.2, 0.25) is 5.91 Å². The van der Waals surface area contributed by atoms with Gasteiger partial charge in [0.15, 0.2) is 0 Å². The topological polar surface area (TPSA) is 87.3 Å². The van der Waals surface area contributed by atoms with Gasteiger partial charge in [0.1, 0.15) is 11.5 Å². The molecule has 10 heteroatoms. The molecule has 0 radical (unpaired) electrons. The van der Waals surface area contributed by atoms with Crippen molar-refractivity contribution < 1.29 is 18.8 Å². The van der Waals surface area contributed by atoms with E-state index < -0.39 is 17.6 Å². The van der Waals surface area contributed by atoms with Crippen LogP contribution in [0.5, 0.6) is 0 Å². The van der Waals surface area contributed by atoms with Crippen molar-refractivity contribution >= 4 is 70.1 Å². The average Bonchev–Trinajstić information content (AvgIpc) is 2.94. The lowest BCUT2D eigenvalue weighted by molar-refractivity contribution is -0.114. The fourth-order valence-corrected chi connectivity index (χ4v) is 4.59. The standard InChI is InChI=1S/C30H22Cl2FN3O3S/c31-20-8-4-9-22(16-20)34-28(37)18-40-23-14-12-21(13-15-23)35-30(39)27(17-24-25(32)10-5-11-26(24)33)36-29(38)19-6-2-1-3-7-19/h1-17H,18H2,(H,34,37)(H,35,39)(H,36,38)/b27-17-. The van der Waals surface area contributed by atoms with Crippen LogP contribution in [0.4, 0.5) is 15.8 Å². The van der Waals surface area contributed by atoms with E-state index in [0.29, 0.717) is 22.0 Å². The molecule has 0 spiro atoms. The zero-order valence-corrected chi connectivity index (χ0v) is 23.1. The third-order valence-corrected chi connectivity index (χ3v) is 6.98. The summed E-state index contributed by atoms with van der Waals surface area (Å²) in [5.74, 6) is -1.89. The Labute approximate surface area is 244 Å². The molecule has 0 aromatic heterocycles. The van der Waals surface area contributed by atoms with Crippen molar-refractivity contribution in [2.24, 2.45) is 0 Å². The lowest BCUT2D eigenvalue weighted by Gasteiger charge is -2.12. The van der Waals surface area contributed by atoms with Gasteiger partial charge >= 0.3 is 0 Å². The molecule has 40 heavy (non-hydrogen) atoms. The van der Waals surface area contributed by atoms with Crippen molar-refractivity contribution in [2.75, 3.05) is 16.4 Å². The first-order valence-electron chi connectivity index (χ1n) is 11.9. The number of carbonyl (C=O) groups is 3. The Morgan fingerprint density at radius 1 is 0.800 bits per heavy atom. The average molecular weight is 594 g/mol. The highest BCUT2D eigenvalue weighted by Gasteiger charge is 2.17. The molecule has 0 fully saturated rings. The van der Waals surface area contributed by atoms with E-state index in [1.165, 1.54) is 36.0 Å². The van der Waals surface area contributed by atoms with E-state index in [1.54, 1.807) is 78.9 Å². The van der Waals surface area contributed by atoms with E-state index in [1.807, 2.05) is 0 Å². The largest absolute Gasteiger partial charge is 0.325 e. The quantitative estimate of drug-likeness (QED) is 0.141. The molecule has 202 valence electrons. The fraction of sp³-hybridized carbons (Fsp3) is 0.0333. The maximum Gasteiger partial charge on any atom is 0.272 e. The van der Waals surface area contributed by atoms with E-state index >= 15 is 0 Å². The van der Waals surface area contributed by atoms with E-state index in [9.17, 15) is 18.8 Å². The Bertz CT molecular complexity index is 1540. The number of carbonyl (C=O) groups excluding carboxylic acids is 3. The summed E-state index contributed by atoms with van der Waals surface area (Å²) in [6, 6.07) is 26.1. The smallest absolute Gasteiger partial charge is 0.272 e. The first kappa shape index (κ1) is 28.9. The Morgan fingerprint density at radius 3 is 2.23 bits per heavy atom. The van der Waals surface area contributed by atoms with Crippen LogP contribution in [0.25, 0.3) is 6.08 Å². The van der Waals surface area contributed by atoms with E-state index in [-0.39, 0.29) is 27.9 Å². The molecule has 3 N–H and O–H groups in total. The van der Waals surface area contributed by atoms with Crippen molar-refractivity contribution in [2.45, 2.75) is 4.90 Å². The zero-order valence-electron chi connectivity index (χ0n) is 20.8. The van der Waals surface area contributed by atoms with Crippen molar-refractivity contribution in [1.29, 1.82) is 0 Å². The van der Waals surface area contributed by atoms with Crippen LogP contribution < -0.4 is 16.0 Å². The van der Waals surface area contributed by atoms with Gasteiger partial charge in [-0.05, 0) is 72.8 Å². The van der Waals surface area contributed by atoms with Crippen molar-refractivity contribution in [1.82, 2.24) is 5.32 Å². The van der Waals surface area contributed by atoms with Gasteiger partial charge in [-0.15, -0.1) is 11.8 Å². The maximum absolute atomic E-state index is 14.5. The Kier molecular flexibility index (Phi) is 9.96. The molecule has 4 rings (SSSR count). The van der Waals surface area contributed by atoms with Crippen LogP contribution in [0.3, 0.4) is 0 Å². The van der Waals surface area contributed by atoms with Crippen LogP contribution in [-0.4, -0.2) is 23.5 Å². The number of hydrogen-bond donors (Lipinski definition) is 3. The molecule has 0 atom stereocenters. The highest BCUT2D eigenvalue weighted by Crippen LogP contribution is 2.24. The number of benzene rings is 4. The van der Waals surface area contributed by atoms with Gasteiger partial charge in [0.25, 0.3) is 11.8 Å². The number of anilines is 2. The summed E-state index contributed by atoms with van der Waals surface area (Å²) in [7, 11) is 0. The molecular weight excluding hydrogens is 572 g/mol. The summed E-state index contributed by atoms with van der Waals surface area (Å²) in [5.41, 5.74) is 1.12. The van der Waals surface area contributed by atoms with E-state index in [4.69, 9.17) is 23.2 Å². The Hall–Kier alpha value is -4.11. The molecule has 4 aromatic rings. The van der Waals surface area contributed by atoms with Gasteiger partial charge in [-0.25, -0.2) is 4.39 Å². The molecule has 6 nitrogen and oxygen atoms in total. The second-order valence-corrected chi connectivity index (χ2v) is 10.2. The van der Waals surface area contributed by atoms with Crippen molar-refractivity contribution in [3.8, 4) is 0 Å². The van der Waals surface area contributed by atoms with Crippen molar-refractivity contribution in [3.05, 3.63) is 130 Å². The number of hydrogen-bond acceptors (Lipinski definition) is 4. The summed E-state index contributed by atoms with van der Waals surface area (Å²) >= 11 is 13.4. The number of nitrogens with one attached hydrogen (secondary N) is 3. The van der Waals surface area contributed by atoms with Crippen LogP contribution >= 0.6 is 35.0 Å². The molecular formula is C30H22Cl2FN3O3S. The second-order valence-electron chi connectivity index (χ2n) is 8.34. The fourth-order valence-electron chi connectivity index (χ4n) is 3.48. The number of thioether (sulfide) groups is 1. The molecule has 0 aliphatic heterocycles. The highest BCUT2D eigenvalue weighted by molar-refractivity contribution is 8.00. The summed E-state index contributed by atoms with van der Waals surface area (Å²) in [6.07, 6.45) is 1.19. The van der Waals surface area contributed by atoms with Gasteiger partial charge in [0, 0.05) is 32.4 Å². The zero-order chi connectivity index (χ0) is 28.5. The molecule has 3 amide bonds. The number of amides is 3. The van der Waals surface area contributed by atoms with Crippen LogP contribution in [0.1, 0.15) is 15.9 Å². The number of halogens is 3. The predicted molar refractivity (Wildman–Crippen MR) is 159 cm³/mol. The van der Waals surface area contributed by atoms with E-state index in [0.717, 1.165) is 4.90 Å². The van der Waals surface area contributed by atoms with Crippen LogP contribution in [-0.2, 0) is 9.59 Å². The summed E-state index contributed by atoms with van der Waals surface area (Å²) < 4.78 is 14.5. The normalized spacial score (nSPS) is 11.0. The third-order valence-electron chi connectivity index (χ3n) is 5.41. The van der Waals surface area contributed by atoms with Gasteiger partial charge in [0.05, 0.1) is 10.8 Å². The van der Waals surface area contributed by atoms with E-state index in [2.05, 4.69) is 16.0 Å². The third kappa shape index (κ3) is 8.19. The SMILES string of the molecule is O=C(CSc1ccc(NC(=O)/C(=C/c2c(F)cccc2Cl)NC(=O)c2ccccc2)cc1)Nc1cccc(Cl)c1. The molecule has 0 unspecified atom stereocenters. The Balaban J connectivity index is 1.44. The lowest BCUT2D eigenvalue weighted by atomic mass is 10.1. The molecule has 0 bridgehead atoms. The molecule has 0 saturated carbocycles. The number of rotatable bonds is 9. The van der Waals surface area contributed by atoms with Crippen molar-refractivity contribution in [3.63, 3.8) is 0 Å². The molecule has 0 heterocycles. The maximum atomic E-state index is 14.5. The van der Waals surface area contributed by atoms with Gasteiger partial charge < -0.3 is 16.0 Å². The summed E-state index contributed by atoms with van der Waals surface area (Å²) in [4.78, 5) is 39.0. The van der Waals surface area contributed by atoms with Crippen LogP contribution in [0.2, 0.25) is 10.0 Å². The highest BCUT2D eigenvalue weighted by atomic mass is 35.5. The minimum atomic E-state index is -0.676.